The van der Waals surface area contributed by atoms with E-state index in [1.807, 2.05) is 22.4 Å². The number of hydrogen-bond donors (Lipinski definition) is 0. The van der Waals surface area contributed by atoms with Crippen molar-refractivity contribution in [3.63, 3.8) is 0 Å². The molecule has 9 heteroatoms. The first-order chi connectivity index (χ1) is 17.1. The van der Waals surface area contributed by atoms with Gasteiger partial charge in [-0.3, -0.25) is 9.69 Å². The van der Waals surface area contributed by atoms with Gasteiger partial charge in [0.05, 0.1) is 40.2 Å². The standard InChI is InChI=1S/C26H32N6O2S/c1-17-15-31(16-18(2)34-17)20-8-11-30(12-9-20)25(33)21-14-28-32(24(21)19-5-6-19)26-27-10-7-22(29-26)23-4-3-13-35-23/h3-4,7,10,13-14,17-20H,5-6,8-9,11-12,15-16H2,1-2H3/t17-,18+. The summed E-state index contributed by atoms with van der Waals surface area (Å²) < 4.78 is 7.70. The zero-order valence-electron chi connectivity index (χ0n) is 20.3. The van der Waals surface area contributed by atoms with Crippen LogP contribution in [0.2, 0.25) is 0 Å². The molecule has 0 spiro atoms. The van der Waals surface area contributed by atoms with Gasteiger partial charge in [-0.15, -0.1) is 11.3 Å². The van der Waals surface area contributed by atoms with Crippen molar-refractivity contribution in [3.8, 4) is 16.5 Å². The summed E-state index contributed by atoms with van der Waals surface area (Å²) in [4.78, 5) is 28.6. The Labute approximate surface area is 209 Å². The number of nitrogens with zero attached hydrogens (tertiary/aromatic N) is 6. The van der Waals surface area contributed by atoms with E-state index in [0.717, 1.165) is 68.1 Å². The molecule has 3 aromatic rings. The largest absolute Gasteiger partial charge is 0.373 e. The summed E-state index contributed by atoms with van der Waals surface area (Å²) in [5.41, 5.74) is 2.56. The first kappa shape index (κ1) is 22.8. The lowest BCUT2D eigenvalue weighted by Crippen LogP contribution is -2.53. The Bertz CT molecular complexity index is 1170. The molecule has 1 amide bonds. The van der Waals surface area contributed by atoms with Gasteiger partial charge in [0.25, 0.3) is 11.9 Å². The molecule has 6 rings (SSSR count). The molecule has 0 aromatic carbocycles. The fourth-order valence-electron chi connectivity index (χ4n) is 5.56. The topological polar surface area (TPSA) is 76.4 Å². The van der Waals surface area contributed by atoms with Crippen LogP contribution in [0.3, 0.4) is 0 Å². The van der Waals surface area contributed by atoms with E-state index >= 15 is 0 Å². The van der Waals surface area contributed by atoms with Gasteiger partial charge in [0.1, 0.15) is 0 Å². The van der Waals surface area contributed by atoms with Gasteiger partial charge in [-0.25, -0.2) is 14.6 Å². The minimum Gasteiger partial charge on any atom is -0.373 e. The zero-order chi connectivity index (χ0) is 23.9. The van der Waals surface area contributed by atoms with Gasteiger partial charge in [0.15, 0.2) is 0 Å². The monoisotopic (exact) mass is 492 g/mol. The minimum absolute atomic E-state index is 0.0923. The zero-order valence-corrected chi connectivity index (χ0v) is 21.2. The minimum atomic E-state index is 0.0923. The van der Waals surface area contributed by atoms with Crippen LogP contribution >= 0.6 is 11.3 Å². The van der Waals surface area contributed by atoms with Crippen LogP contribution in [0.25, 0.3) is 16.5 Å². The lowest BCUT2D eigenvalue weighted by Gasteiger charge is -2.43. The normalized spacial score (nSPS) is 24.1. The molecule has 8 nitrogen and oxygen atoms in total. The molecular weight excluding hydrogens is 460 g/mol. The number of hydrogen-bond acceptors (Lipinski definition) is 7. The Morgan fingerprint density at radius 3 is 2.54 bits per heavy atom. The third kappa shape index (κ3) is 4.64. The SMILES string of the molecule is C[C@@H]1CN(C2CCN(C(=O)c3cnn(-c4nccc(-c5cccs5)n4)c3C3CC3)CC2)C[C@H](C)O1. The number of aromatic nitrogens is 4. The van der Waals surface area contributed by atoms with Gasteiger partial charge in [0.2, 0.25) is 0 Å². The smallest absolute Gasteiger partial charge is 0.257 e. The van der Waals surface area contributed by atoms with E-state index in [2.05, 4.69) is 34.9 Å². The Morgan fingerprint density at radius 1 is 1.09 bits per heavy atom. The first-order valence-electron chi connectivity index (χ1n) is 12.7. The van der Waals surface area contributed by atoms with Crippen molar-refractivity contribution in [2.24, 2.45) is 0 Å². The predicted molar refractivity (Wildman–Crippen MR) is 135 cm³/mol. The number of carbonyl (C=O) groups is 1. The number of carbonyl (C=O) groups excluding carboxylic acids is 1. The van der Waals surface area contributed by atoms with Crippen molar-refractivity contribution >= 4 is 17.2 Å². The van der Waals surface area contributed by atoms with Crippen molar-refractivity contribution in [2.45, 2.75) is 63.7 Å². The Hall–Kier alpha value is -2.62. The molecule has 3 fully saturated rings. The Kier molecular flexibility index (Phi) is 6.16. The van der Waals surface area contributed by atoms with E-state index in [4.69, 9.17) is 9.72 Å². The lowest BCUT2D eigenvalue weighted by atomic mass is 10.00. The maximum absolute atomic E-state index is 13.6. The van der Waals surface area contributed by atoms with Crippen LogP contribution in [0, 0.1) is 0 Å². The van der Waals surface area contributed by atoms with Crippen molar-refractivity contribution < 1.29 is 9.53 Å². The summed E-state index contributed by atoms with van der Waals surface area (Å²) in [6.45, 7) is 7.82. The molecule has 1 aliphatic carbocycles. The van der Waals surface area contributed by atoms with E-state index in [1.54, 1.807) is 28.4 Å². The van der Waals surface area contributed by atoms with Gasteiger partial charge >= 0.3 is 0 Å². The van der Waals surface area contributed by atoms with E-state index in [-0.39, 0.29) is 18.1 Å². The first-order valence-corrected chi connectivity index (χ1v) is 13.6. The second-order valence-corrected chi connectivity index (χ2v) is 11.0. The quantitative estimate of drug-likeness (QED) is 0.536. The van der Waals surface area contributed by atoms with Crippen molar-refractivity contribution in [1.29, 1.82) is 0 Å². The summed E-state index contributed by atoms with van der Waals surface area (Å²) >= 11 is 1.65. The van der Waals surface area contributed by atoms with Crippen LogP contribution < -0.4 is 0 Å². The second-order valence-electron chi connectivity index (χ2n) is 10.1. The lowest BCUT2D eigenvalue weighted by molar-refractivity contribution is -0.0856. The molecular formula is C26H32N6O2S. The molecule has 5 heterocycles. The number of piperidine rings is 1. The highest BCUT2D eigenvalue weighted by molar-refractivity contribution is 7.13. The number of thiophene rings is 1. The average Bonchev–Trinajstić information content (AvgIpc) is 3.37. The second kappa shape index (κ2) is 9.44. The van der Waals surface area contributed by atoms with Gasteiger partial charge in [-0.2, -0.15) is 5.10 Å². The Balaban J connectivity index is 1.20. The summed E-state index contributed by atoms with van der Waals surface area (Å²) in [6.07, 6.45) is 8.20. The highest BCUT2D eigenvalue weighted by Gasteiger charge is 2.37. The van der Waals surface area contributed by atoms with E-state index in [1.165, 1.54) is 0 Å². The van der Waals surface area contributed by atoms with E-state index in [9.17, 15) is 4.79 Å². The van der Waals surface area contributed by atoms with Crippen molar-refractivity contribution in [3.05, 3.63) is 47.2 Å². The number of ether oxygens (including phenoxy) is 1. The highest BCUT2D eigenvalue weighted by atomic mass is 32.1. The maximum Gasteiger partial charge on any atom is 0.257 e. The molecule has 2 saturated heterocycles. The summed E-state index contributed by atoms with van der Waals surface area (Å²) in [6, 6.07) is 6.51. The molecule has 0 N–H and O–H groups in total. The van der Waals surface area contributed by atoms with E-state index < -0.39 is 0 Å². The molecule has 0 bridgehead atoms. The maximum atomic E-state index is 13.6. The van der Waals surface area contributed by atoms with Gasteiger partial charge < -0.3 is 9.64 Å². The molecule has 2 atom stereocenters. The van der Waals surface area contributed by atoms with Crippen LogP contribution in [-0.2, 0) is 4.74 Å². The van der Waals surface area contributed by atoms with Crippen molar-refractivity contribution in [1.82, 2.24) is 29.5 Å². The predicted octanol–water partition coefficient (Wildman–Crippen LogP) is 3.98. The van der Waals surface area contributed by atoms with Gasteiger partial charge in [-0.05, 0) is 57.0 Å². The number of morpholine rings is 1. The van der Waals surface area contributed by atoms with Gasteiger partial charge in [-0.1, -0.05) is 6.07 Å². The molecule has 2 aliphatic heterocycles. The fourth-order valence-corrected chi connectivity index (χ4v) is 6.26. The number of amides is 1. The molecule has 184 valence electrons. The molecule has 0 unspecified atom stereocenters. The highest BCUT2D eigenvalue weighted by Crippen LogP contribution is 2.42. The summed E-state index contributed by atoms with van der Waals surface area (Å²) in [5, 5.41) is 6.66. The molecule has 3 aliphatic rings. The van der Waals surface area contributed by atoms with Crippen molar-refractivity contribution in [2.75, 3.05) is 26.2 Å². The number of rotatable bonds is 5. The van der Waals surface area contributed by atoms with Crippen LogP contribution in [0.5, 0.6) is 0 Å². The van der Waals surface area contributed by atoms with Crippen LogP contribution in [0.4, 0.5) is 0 Å². The molecule has 3 aromatic heterocycles. The average molecular weight is 493 g/mol. The van der Waals surface area contributed by atoms with E-state index in [0.29, 0.717) is 23.5 Å². The molecule has 1 saturated carbocycles. The third-order valence-electron chi connectivity index (χ3n) is 7.32. The molecule has 35 heavy (non-hydrogen) atoms. The van der Waals surface area contributed by atoms with Crippen LogP contribution in [0.15, 0.2) is 36.0 Å². The number of likely N-dealkylation sites (tertiary alicyclic amines) is 1. The fraction of sp³-hybridized carbons (Fsp3) is 0.538. The summed E-state index contributed by atoms with van der Waals surface area (Å²) in [5.74, 6) is 0.972. The molecule has 0 radical (unpaired) electrons. The van der Waals surface area contributed by atoms with Gasteiger partial charge in [0, 0.05) is 44.3 Å². The Morgan fingerprint density at radius 2 is 1.86 bits per heavy atom. The third-order valence-corrected chi connectivity index (χ3v) is 8.22. The van der Waals surface area contributed by atoms with Crippen LogP contribution in [-0.4, -0.2) is 79.9 Å². The summed E-state index contributed by atoms with van der Waals surface area (Å²) in [7, 11) is 0. The van der Waals surface area contributed by atoms with Crippen LogP contribution in [0.1, 0.15) is 61.5 Å².